The summed E-state index contributed by atoms with van der Waals surface area (Å²) in [5.41, 5.74) is 1.13. The van der Waals surface area contributed by atoms with E-state index < -0.39 is 12.4 Å². The number of ether oxygens (including phenoxy) is 3. The number of aliphatic imine (C=N–C) groups is 1. The highest BCUT2D eigenvalue weighted by Crippen LogP contribution is 2.25. The monoisotopic (exact) mass is 539 g/mol. The van der Waals surface area contributed by atoms with Gasteiger partial charge in [0.05, 0.1) is 20.8 Å². The zero-order chi connectivity index (χ0) is 21.2. The van der Waals surface area contributed by atoms with Crippen LogP contribution in [0.15, 0.2) is 41.4 Å². The summed E-state index contributed by atoms with van der Waals surface area (Å²) in [6, 6.07) is 9.16. The van der Waals surface area contributed by atoms with Gasteiger partial charge in [-0.25, -0.2) is 9.38 Å². The third-order valence-corrected chi connectivity index (χ3v) is 3.91. The molecule has 0 saturated heterocycles. The van der Waals surface area contributed by atoms with Gasteiger partial charge in [0.2, 0.25) is 0 Å². The van der Waals surface area contributed by atoms with Gasteiger partial charge >= 0.3 is 6.61 Å². The second-order valence-corrected chi connectivity index (χ2v) is 5.87. The highest BCUT2D eigenvalue weighted by Gasteiger charge is 2.12. The van der Waals surface area contributed by atoms with Crippen molar-refractivity contribution in [2.45, 2.75) is 26.6 Å². The maximum absolute atomic E-state index is 13.8. The molecule has 30 heavy (non-hydrogen) atoms. The van der Waals surface area contributed by atoms with Crippen molar-refractivity contribution in [3.05, 3.63) is 53.3 Å². The summed E-state index contributed by atoms with van der Waals surface area (Å²) in [5, 5.41) is 6.10. The lowest BCUT2D eigenvalue weighted by Crippen LogP contribution is -2.36. The fraction of sp³-hybridized carbons (Fsp3) is 0.350. The van der Waals surface area contributed by atoms with E-state index in [4.69, 9.17) is 9.47 Å². The Labute approximate surface area is 190 Å². The Hall–Kier alpha value is -2.37. The van der Waals surface area contributed by atoms with Gasteiger partial charge in [-0.2, -0.15) is 8.78 Å². The zero-order valence-corrected chi connectivity index (χ0v) is 19.2. The molecular formula is C20H25F3IN3O3. The minimum atomic E-state index is -2.94. The molecule has 10 heteroatoms. The molecule has 2 aromatic carbocycles. The van der Waals surface area contributed by atoms with Crippen LogP contribution in [-0.4, -0.2) is 33.3 Å². The number of nitrogens with zero attached hydrogens (tertiary/aromatic N) is 1. The average molecular weight is 539 g/mol. The Morgan fingerprint density at radius 2 is 1.77 bits per heavy atom. The van der Waals surface area contributed by atoms with Crippen LogP contribution in [0.25, 0.3) is 0 Å². The van der Waals surface area contributed by atoms with Crippen LogP contribution in [0.1, 0.15) is 18.1 Å². The lowest BCUT2D eigenvalue weighted by molar-refractivity contribution is -0.0504. The number of benzene rings is 2. The molecule has 0 aliphatic carbocycles. The molecule has 0 amide bonds. The maximum atomic E-state index is 13.8. The van der Waals surface area contributed by atoms with E-state index in [1.54, 1.807) is 18.2 Å². The molecule has 2 aromatic rings. The fourth-order valence-electron chi connectivity index (χ4n) is 2.53. The van der Waals surface area contributed by atoms with Gasteiger partial charge in [0.25, 0.3) is 0 Å². The smallest absolute Gasteiger partial charge is 0.387 e. The first kappa shape index (κ1) is 25.7. The van der Waals surface area contributed by atoms with Crippen LogP contribution in [0, 0.1) is 5.82 Å². The average Bonchev–Trinajstić information content (AvgIpc) is 2.70. The Bertz CT molecular complexity index is 838. The van der Waals surface area contributed by atoms with Gasteiger partial charge < -0.3 is 24.8 Å². The van der Waals surface area contributed by atoms with Crippen LogP contribution in [0.2, 0.25) is 0 Å². The Kier molecular flexibility index (Phi) is 11.2. The highest BCUT2D eigenvalue weighted by molar-refractivity contribution is 14.0. The van der Waals surface area contributed by atoms with E-state index in [2.05, 4.69) is 20.4 Å². The van der Waals surface area contributed by atoms with Crippen molar-refractivity contribution in [3.8, 4) is 17.2 Å². The second kappa shape index (κ2) is 13.0. The van der Waals surface area contributed by atoms with Crippen molar-refractivity contribution in [2.24, 2.45) is 4.99 Å². The van der Waals surface area contributed by atoms with Crippen LogP contribution < -0.4 is 24.8 Å². The van der Waals surface area contributed by atoms with Gasteiger partial charge in [0.1, 0.15) is 11.5 Å². The van der Waals surface area contributed by atoms with Gasteiger partial charge in [0.15, 0.2) is 17.5 Å². The number of guanidine groups is 1. The quantitative estimate of drug-likeness (QED) is 0.283. The van der Waals surface area contributed by atoms with Crippen LogP contribution in [0.3, 0.4) is 0 Å². The molecule has 0 radical (unpaired) electrons. The van der Waals surface area contributed by atoms with E-state index in [1.807, 2.05) is 6.92 Å². The number of hydrogen-bond acceptors (Lipinski definition) is 4. The molecule has 0 fully saturated rings. The number of hydrogen-bond donors (Lipinski definition) is 2. The highest BCUT2D eigenvalue weighted by atomic mass is 127. The molecule has 2 N–H and O–H groups in total. The summed E-state index contributed by atoms with van der Waals surface area (Å²) >= 11 is 0. The molecule has 0 atom stereocenters. The van der Waals surface area contributed by atoms with Gasteiger partial charge in [0, 0.05) is 18.7 Å². The number of nitrogens with one attached hydrogen (secondary N) is 2. The van der Waals surface area contributed by atoms with Crippen LogP contribution in [0.5, 0.6) is 17.2 Å². The Morgan fingerprint density at radius 1 is 1.03 bits per heavy atom. The predicted molar refractivity (Wildman–Crippen MR) is 120 cm³/mol. The summed E-state index contributed by atoms with van der Waals surface area (Å²) in [6.45, 7) is -0.0757. The number of alkyl halides is 2. The zero-order valence-electron chi connectivity index (χ0n) is 16.9. The normalized spacial score (nSPS) is 11.0. The first-order valence-corrected chi connectivity index (χ1v) is 8.93. The molecule has 6 nitrogen and oxygen atoms in total. The topological polar surface area (TPSA) is 64.1 Å². The maximum Gasteiger partial charge on any atom is 0.387 e. The van der Waals surface area contributed by atoms with E-state index in [1.165, 1.54) is 32.4 Å². The second-order valence-electron chi connectivity index (χ2n) is 5.87. The van der Waals surface area contributed by atoms with Gasteiger partial charge in [-0.1, -0.05) is 6.07 Å². The molecule has 0 aromatic heterocycles. The van der Waals surface area contributed by atoms with E-state index in [9.17, 15) is 13.2 Å². The largest absolute Gasteiger partial charge is 0.497 e. The van der Waals surface area contributed by atoms with Crippen molar-refractivity contribution in [1.29, 1.82) is 0 Å². The fourth-order valence-corrected chi connectivity index (χ4v) is 2.53. The molecule has 0 aliphatic heterocycles. The van der Waals surface area contributed by atoms with Crippen LogP contribution in [0.4, 0.5) is 13.2 Å². The molecule has 0 heterocycles. The minimum Gasteiger partial charge on any atom is -0.497 e. The molecule has 0 unspecified atom stereocenters. The van der Waals surface area contributed by atoms with E-state index in [-0.39, 0.29) is 48.6 Å². The van der Waals surface area contributed by atoms with Gasteiger partial charge in [-0.05, 0) is 42.8 Å². The predicted octanol–water partition coefficient (Wildman–Crippen LogP) is 4.32. The molecule has 0 bridgehead atoms. The number of halogens is 4. The lowest BCUT2D eigenvalue weighted by atomic mass is 10.2. The SMILES string of the molecule is CCNC(=NCc1ccc(OC)c(F)c1)NCc1cc(OC)ccc1OC(F)F.I. The van der Waals surface area contributed by atoms with E-state index in [0.717, 1.165) is 0 Å². The standard InChI is InChI=1S/C20H24F3N3O3.HI/c1-4-24-20(25-11-13-5-7-18(28-3)16(21)9-13)26-12-14-10-15(27-2)6-8-17(14)29-19(22)23;/h5-10,19H,4,11-12H2,1-3H3,(H2,24,25,26);1H. The van der Waals surface area contributed by atoms with Crippen molar-refractivity contribution < 1.29 is 27.4 Å². The summed E-state index contributed by atoms with van der Waals surface area (Å²) < 4.78 is 53.7. The molecule has 2 rings (SSSR count). The number of rotatable bonds is 9. The number of methoxy groups -OCH3 is 2. The van der Waals surface area contributed by atoms with E-state index in [0.29, 0.717) is 29.4 Å². The van der Waals surface area contributed by atoms with E-state index >= 15 is 0 Å². The van der Waals surface area contributed by atoms with Gasteiger partial charge in [-0.15, -0.1) is 24.0 Å². The molecule has 0 saturated carbocycles. The summed E-state index contributed by atoms with van der Waals surface area (Å²) in [7, 11) is 2.88. The molecule has 166 valence electrons. The third kappa shape index (κ3) is 7.81. The lowest BCUT2D eigenvalue weighted by Gasteiger charge is -2.15. The van der Waals surface area contributed by atoms with Crippen molar-refractivity contribution in [3.63, 3.8) is 0 Å². The van der Waals surface area contributed by atoms with Crippen molar-refractivity contribution in [1.82, 2.24) is 10.6 Å². The Balaban J connectivity index is 0.00000450. The molecule has 0 spiro atoms. The van der Waals surface area contributed by atoms with Crippen LogP contribution in [-0.2, 0) is 13.1 Å². The first-order chi connectivity index (χ1) is 14.0. The molecular weight excluding hydrogens is 514 g/mol. The third-order valence-electron chi connectivity index (χ3n) is 3.91. The van der Waals surface area contributed by atoms with Crippen LogP contribution >= 0.6 is 24.0 Å². The Morgan fingerprint density at radius 3 is 2.37 bits per heavy atom. The summed E-state index contributed by atoms with van der Waals surface area (Å²) in [5.74, 6) is 0.686. The summed E-state index contributed by atoms with van der Waals surface area (Å²) in [6.07, 6.45) is 0. The van der Waals surface area contributed by atoms with Crippen molar-refractivity contribution in [2.75, 3.05) is 20.8 Å². The molecule has 0 aliphatic rings. The minimum absolute atomic E-state index is 0. The summed E-state index contributed by atoms with van der Waals surface area (Å²) in [4.78, 5) is 4.40. The van der Waals surface area contributed by atoms with Gasteiger partial charge in [-0.3, -0.25) is 0 Å². The van der Waals surface area contributed by atoms with Crippen molar-refractivity contribution >= 4 is 29.9 Å². The first-order valence-electron chi connectivity index (χ1n) is 8.93.